The number of carbonyl (C=O) groups is 1. The monoisotopic (exact) mass is 298 g/mol. The smallest absolute Gasteiger partial charge is 0.352 e. The van der Waals surface area contributed by atoms with Crippen molar-refractivity contribution >= 4 is 16.0 Å². The van der Waals surface area contributed by atoms with Gasteiger partial charge in [-0.25, -0.2) is 17.9 Å². The van der Waals surface area contributed by atoms with Crippen LogP contribution in [0.2, 0.25) is 0 Å². The number of aromatic nitrogens is 1. The first-order valence-corrected chi connectivity index (χ1v) is 8.29. The van der Waals surface area contributed by atoms with Gasteiger partial charge in [0.1, 0.15) is 10.6 Å². The summed E-state index contributed by atoms with van der Waals surface area (Å²) < 4.78 is 28.9. The first kappa shape index (κ1) is 13.6. The zero-order valence-corrected chi connectivity index (χ0v) is 12.1. The minimum Gasteiger partial charge on any atom is -0.477 e. The van der Waals surface area contributed by atoms with Crippen LogP contribution in [0.3, 0.4) is 0 Å². The Labute approximate surface area is 117 Å². The van der Waals surface area contributed by atoms with E-state index in [0.717, 1.165) is 25.7 Å². The Morgan fingerprint density at radius 1 is 1.35 bits per heavy atom. The molecule has 0 atom stereocenters. The molecular formula is C13H18N2O4S. The quantitative estimate of drug-likeness (QED) is 0.825. The highest BCUT2D eigenvalue weighted by Crippen LogP contribution is 2.45. The number of hydrogen-bond donors (Lipinski definition) is 2. The van der Waals surface area contributed by atoms with Crippen LogP contribution in [0, 0.1) is 11.8 Å². The summed E-state index contributed by atoms with van der Waals surface area (Å²) in [7, 11) is -2.11. The molecule has 1 aromatic rings. The normalized spacial score (nSPS) is 19.5. The number of nitrogens with one attached hydrogen (secondary N) is 1. The van der Waals surface area contributed by atoms with Crippen LogP contribution in [-0.4, -0.2) is 30.1 Å². The predicted octanol–water partition coefficient (Wildman–Crippen LogP) is 1.19. The minimum absolute atomic E-state index is 0.0217. The summed E-state index contributed by atoms with van der Waals surface area (Å²) in [5, 5.41) is 8.99. The molecule has 0 aromatic carbocycles. The van der Waals surface area contributed by atoms with Gasteiger partial charge in [-0.15, -0.1) is 0 Å². The Hall–Kier alpha value is -1.34. The molecule has 1 heterocycles. The molecule has 7 heteroatoms. The molecular weight excluding hydrogens is 280 g/mol. The van der Waals surface area contributed by atoms with Crippen molar-refractivity contribution < 1.29 is 18.3 Å². The van der Waals surface area contributed by atoms with Gasteiger partial charge in [0, 0.05) is 19.3 Å². The highest BCUT2D eigenvalue weighted by molar-refractivity contribution is 7.89. The number of hydrogen-bond acceptors (Lipinski definition) is 3. The van der Waals surface area contributed by atoms with Crippen molar-refractivity contribution in [1.82, 2.24) is 9.29 Å². The summed E-state index contributed by atoms with van der Waals surface area (Å²) >= 11 is 0. The topological polar surface area (TPSA) is 88.4 Å². The number of aromatic carboxylic acids is 1. The molecule has 0 bridgehead atoms. The summed E-state index contributed by atoms with van der Waals surface area (Å²) in [5.41, 5.74) is -0.0280. The van der Waals surface area contributed by atoms with E-state index in [1.165, 1.54) is 23.9 Å². The van der Waals surface area contributed by atoms with Crippen molar-refractivity contribution in [3.8, 4) is 0 Å². The lowest BCUT2D eigenvalue weighted by atomic mass is 10.1. The van der Waals surface area contributed by atoms with E-state index in [4.69, 9.17) is 5.11 Å². The van der Waals surface area contributed by atoms with Gasteiger partial charge in [0.25, 0.3) is 0 Å². The number of nitrogens with zero attached hydrogens (tertiary/aromatic N) is 1. The van der Waals surface area contributed by atoms with Gasteiger partial charge in [0.2, 0.25) is 10.0 Å². The molecule has 2 saturated carbocycles. The first-order chi connectivity index (χ1) is 9.38. The molecule has 2 N–H and O–H groups in total. The fourth-order valence-electron chi connectivity index (χ4n) is 2.63. The van der Waals surface area contributed by atoms with Crippen LogP contribution in [0.5, 0.6) is 0 Å². The van der Waals surface area contributed by atoms with Crippen LogP contribution in [-0.2, 0) is 17.1 Å². The van der Waals surface area contributed by atoms with Crippen LogP contribution in [0.1, 0.15) is 36.2 Å². The summed E-state index contributed by atoms with van der Waals surface area (Å²) in [5.74, 6) is -0.213. The number of sulfonamides is 1. The Balaban J connectivity index is 1.83. The molecule has 1 aromatic heterocycles. The third-order valence-electron chi connectivity index (χ3n) is 4.06. The maximum Gasteiger partial charge on any atom is 0.352 e. The minimum atomic E-state index is -3.64. The fourth-order valence-corrected chi connectivity index (χ4v) is 4.07. The van der Waals surface area contributed by atoms with Gasteiger partial charge in [-0.1, -0.05) is 0 Å². The molecule has 3 rings (SSSR count). The van der Waals surface area contributed by atoms with Gasteiger partial charge in [0.05, 0.1) is 0 Å². The molecule has 0 spiro atoms. The Bertz CT molecular complexity index is 629. The molecule has 0 saturated heterocycles. The van der Waals surface area contributed by atoms with Gasteiger partial charge in [-0.05, 0) is 43.6 Å². The lowest BCUT2D eigenvalue weighted by Crippen LogP contribution is -2.37. The van der Waals surface area contributed by atoms with Gasteiger partial charge < -0.3 is 9.67 Å². The second-order valence-electron chi connectivity index (χ2n) is 5.80. The van der Waals surface area contributed by atoms with Crippen molar-refractivity contribution in [3.05, 3.63) is 18.0 Å². The highest BCUT2D eigenvalue weighted by atomic mass is 32.2. The van der Waals surface area contributed by atoms with E-state index in [-0.39, 0.29) is 16.6 Å². The van der Waals surface area contributed by atoms with Crippen LogP contribution < -0.4 is 4.72 Å². The van der Waals surface area contributed by atoms with Crippen molar-refractivity contribution in [1.29, 1.82) is 0 Å². The average Bonchev–Trinajstić information content (AvgIpc) is 3.23. The average molecular weight is 298 g/mol. The van der Waals surface area contributed by atoms with Gasteiger partial charge in [0.15, 0.2) is 0 Å². The van der Waals surface area contributed by atoms with Gasteiger partial charge >= 0.3 is 5.97 Å². The van der Waals surface area contributed by atoms with Gasteiger partial charge in [-0.3, -0.25) is 0 Å². The van der Waals surface area contributed by atoms with Crippen molar-refractivity contribution in [3.63, 3.8) is 0 Å². The largest absolute Gasteiger partial charge is 0.477 e. The number of rotatable bonds is 6. The number of aryl methyl sites for hydroxylation is 1. The van der Waals surface area contributed by atoms with E-state index < -0.39 is 16.0 Å². The maximum atomic E-state index is 12.4. The summed E-state index contributed by atoms with van der Waals surface area (Å²) in [6.07, 6.45) is 5.68. The molecule has 2 fully saturated rings. The molecule has 0 unspecified atom stereocenters. The third-order valence-corrected chi connectivity index (χ3v) is 5.49. The summed E-state index contributed by atoms with van der Waals surface area (Å²) in [4.78, 5) is 11.0. The van der Waals surface area contributed by atoms with Crippen LogP contribution in [0.4, 0.5) is 0 Å². The Kier molecular flexibility index (Phi) is 3.13. The van der Waals surface area contributed by atoms with E-state index in [0.29, 0.717) is 11.8 Å². The second-order valence-corrected chi connectivity index (χ2v) is 7.51. The van der Waals surface area contributed by atoms with Gasteiger partial charge in [-0.2, -0.15) is 0 Å². The fraction of sp³-hybridized carbons (Fsp3) is 0.615. The van der Waals surface area contributed by atoms with Crippen molar-refractivity contribution in [2.45, 2.75) is 36.6 Å². The predicted molar refractivity (Wildman–Crippen MR) is 71.9 cm³/mol. The van der Waals surface area contributed by atoms with E-state index in [1.807, 2.05) is 0 Å². The molecule has 6 nitrogen and oxygen atoms in total. The van der Waals surface area contributed by atoms with Crippen molar-refractivity contribution in [2.75, 3.05) is 0 Å². The molecule has 110 valence electrons. The highest BCUT2D eigenvalue weighted by Gasteiger charge is 2.43. The van der Waals surface area contributed by atoms with Crippen LogP contribution in [0.15, 0.2) is 17.2 Å². The third kappa shape index (κ3) is 2.60. The Morgan fingerprint density at radius 3 is 2.30 bits per heavy atom. The van der Waals surface area contributed by atoms with Crippen LogP contribution >= 0.6 is 0 Å². The summed E-state index contributed by atoms with van der Waals surface area (Å²) in [6, 6.07) is 1.23. The zero-order valence-electron chi connectivity index (χ0n) is 11.2. The first-order valence-electron chi connectivity index (χ1n) is 6.80. The standard InChI is InChI=1S/C13H18N2O4S/c1-15-7-10(6-11(15)13(16)17)20(18,19)14-12(8-2-3-8)9-4-5-9/h6-9,12,14H,2-5H2,1H3,(H,16,17). The van der Waals surface area contributed by atoms with E-state index in [1.54, 1.807) is 0 Å². The van der Waals surface area contributed by atoms with Crippen LogP contribution in [0.25, 0.3) is 0 Å². The lowest BCUT2D eigenvalue weighted by molar-refractivity contribution is 0.0686. The van der Waals surface area contributed by atoms with E-state index in [9.17, 15) is 13.2 Å². The van der Waals surface area contributed by atoms with Crippen molar-refractivity contribution in [2.24, 2.45) is 18.9 Å². The molecule has 0 radical (unpaired) electrons. The molecule has 2 aliphatic carbocycles. The zero-order chi connectivity index (χ0) is 14.5. The number of carboxylic acid groups (broad SMARTS) is 1. The second kappa shape index (κ2) is 4.60. The van der Waals surface area contributed by atoms with E-state index >= 15 is 0 Å². The Morgan fingerprint density at radius 2 is 1.90 bits per heavy atom. The molecule has 0 aliphatic heterocycles. The molecule has 20 heavy (non-hydrogen) atoms. The number of carboxylic acids is 1. The summed E-state index contributed by atoms with van der Waals surface area (Å²) in [6.45, 7) is 0. The van der Waals surface area contributed by atoms with E-state index in [2.05, 4.69) is 4.72 Å². The lowest BCUT2D eigenvalue weighted by Gasteiger charge is -2.16. The molecule has 0 amide bonds. The SMILES string of the molecule is Cn1cc(S(=O)(=O)NC(C2CC2)C2CC2)cc1C(=O)O. The molecule has 2 aliphatic rings. The maximum absolute atomic E-state index is 12.4.